The van der Waals surface area contributed by atoms with Crippen LogP contribution in [0.5, 0.6) is 0 Å². The molecule has 0 saturated heterocycles. The van der Waals surface area contributed by atoms with Gasteiger partial charge in [-0.2, -0.15) is 0 Å². The molecule has 266 valence electrons. The summed E-state index contributed by atoms with van der Waals surface area (Å²) >= 11 is 1.84. The molecule has 7 aromatic carbocycles. The molecule has 0 unspecified atom stereocenters. The number of aromatic nitrogens is 4. The number of benzene rings is 7. The van der Waals surface area contributed by atoms with Crippen molar-refractivity contribution < 1.29 is 8.83 Å². The van der Waals surface area contributed by atoms with Crippen LogP contribution >= 0.6 is 11.3 Å². The Bertz CT molecular complexity index is 3530. The number of hydrogen-bond donors (Lipinski definition) is 0. The third-order valence-corrected chi connectivity index (χ3v) is 12.1. The van der Waals surface area contributed by atoms with E-state index < -0.39 is 0 Å². The molecule has 0 atom stereocenters. The van der Waals surface area contributed by atoms with Crippen molar-refractivity contribution in [1.82, 2.24) is 19.9 Å². The van der Waals surface area contributed by atoms with E-state index in [1.54, 1.807) is 12.4 Å². The quantitative estimate of drug-likeness (QED) is 0.174. The topological polar surface area (TPSA) is 77.8 Å². The predicted octanol–water partition coefficient (Wildman–Crippen LogP) is 13.8. The van der Waals surface area contributed by atoms with E-state index >= 15 is 0 Å². The molecule has 0 aliphatic carbocycles. The SMILES string of the molecule is c1cncc(-c2nc(-c3ccc(-c4ccc(-c5cccc6c5sc5ccccc56)c5c4oc4ccccc45)cc3)nc(-c3ccc4c(c3)oc3ccccc34)n2)c1. The van der Waals surface area contributed by atoms with E-state index in [1.165, 1.54) is 25.7 Å². The Hall–Kier alpha value is -7.48. The van der Waals surface area contributed by atoms with Gasteiger partial charge in [0.25, 0.3) is 0 Å². The third-order valence-electron chi connectivity index (χ3n) is 10.9. The maximum absolute atomic E-state index is 6.72. The molecule has 0 saturated carbocycles. The van der Waals surface area contributed by atoms with E-state index in [1.807, 2.05) is 59.9 Å². The summed E-state index contributed by atoms with van der Waals surface area (Å²) in [5.74, 6) is 1.67. The highest BCUT2D eigenvalue weighted by atomic mass is 32.1. The van der Waals surface area contributed by atoms with Crippen LogP contribution in [0.2, 0.25) is 0 Å². The summed E-state index contributed by atoms with van der Waals surface area (Å²) in [7, 11) is 0. The monoisotopic (exact) mass is 748 g/mol. The zero-order valence-corrected chi connectivity index (χ0v) is 31.0. The van der Waals surface area contributed by atoms with Crippen molar-refractivity contribution in [3.8, 4) is 56.4 Å². The Morgan fingerprint density at radius 3 is 1.88 bits per heavy atom. The van der Waals surface area contributed by atoms with Gasteiger partial charge in [-0.25, -0.2) is 15.0 Å². The molecule has 0 fully saturated rings. The molecule has 6 nitrogen and oxygen atoms in total. The summed E-state index contributed by atoms with van der Waals surface area (Å²) in [6, 6.07) is 54.5. The highest BCUT2D eigenvalue weighted by Crippen LogP contribution is 2.46. The minimum absolute atomic E-state index is 0.546. The number of furan rings is 2. The van der Waals surface area contributed by atoms with Crippen molar-refractivity contribution in [2.45, 2.75) is 0 Å². The molecule has 0 aliphatic rings. The Labute approximate surface area is 329 Å². The second-order valence-corrected chi connectivity index (χ2v) is 15.2. The van der Waals surface area contributed by atoms with E-state index in [0.717, 1.165) is 77.3 Å². The van der Waals surface area contributed by atoms with Gasteiger partial charge in [0, 0.05) is 81.9 Å². The second-order valence-electron chi connectivity index (χ2n) is 14.2. The van der Waals surface area contributed by atoms with Gasteiger partial charge in [-0.1, -0.05) is 109 Å². The fraction of sp³-hybridized carbons (Fsp3) is 0. The van der Waals surface area contributed by atoms with E-state index in [9.17, 15) is 0 Å². The fourth-order valence-corrected chi connectivity index (χ4v) is 9.39. The first-order valence-electron chi connectivity index (χ1n) is 18.8. The number of hydrogen-bond acceptors (Lipinski definition) is 7. The standard InChI is InChI=1S/C50H28N4O2S/c1-4-15-41-34(10-1)35-23-22-31(27-43(35)55-41)49-52-48(53-50(54-49)32-9-8-26-51-28-32)30-20-18-29(19-21-30)33-24-25-37(45-40-12-2-5-16-42(40)56-46(33)45)39-14-7-13-38-36-11-3-6-17-44(36)57-47(38)39/h1-28H. The molecule has 7 heteroatoms. The van der Waals surface area contributed by atoms with Crippen molar-refractivity contribution in [2.24, 2.45) is 0 Å². The lowest BCUT2D eigenvalue weighted by atomic mass is 9.93. The van der Waals surface area contributed by atoms with E-state index in [0.29, 0.717) is 17.5 Å². The molecular weight excluding hydrogens is 721 g/mol. The molecule has 5 heterocycles. The lowest BCUT2D eigenvalue weighted by Crippen LogP contribution is -2.00. The average molecular weight is 749 g/mol. The third kappa shape index (κ3) is 5.10. The maximum Gasteiger partial charge on any atom is 0.165 e. The van der Waals surface area contributed by atoms with Crippen molar-refractivity contribution in [3.05, 3.63) is 170 Å². The van der Waals surface area contributed by atoms with Crippen molar-refractivity contribution in [3.63, 3.8) is 0 Å². The maximum atomic E-state index is 6.72. The molecule has 0 radical (unpaired) electrons. The van der Waals surface area contributed by atoms with Crippen LogP contribution < -0.4 is 0 Å². The van der Waals surface area contributed by atoms with Crippen LogP contribution in [0.15, 0.2) is 179 Å². The van der Waals surface area contributed by atoms with Gasteiger partial charge in [-0.05, 0) is 59.7 Å². The van der Waals surface area contributed by atoms with Gasteiger partial charge >= 0.3 is 0 Å². The first-order chi connectivity index (χ1) is 28.2. The Balaban J connectivity index is 0.986. The second kappa shape index (κ2) is 12.5. The zero-order valence-electron chi connectivity index (χ0n) is 30.2. The smallest absolute Gasteiger partial charge is 0.165 e. The Kier molecular flexibility index (Phi) is 7.00. The normalized spacial score (nSPS) is 11.9. The van der Waals surface area contributed by atoms with Gasteiger partial charge in [-0.3, -0.25) is 4.98 Å². The van der Waals surface area contributed by atoms with Crippen LogP contribution in [0.1, 0.15) is 0 Å². The Morgan fingerprint density at radius 2 is 1.05 bits per heavy atom. The summed E-state index contributed by atoms with van der Waals surface area (Å²) in [5.41, 5.74) is 10.3. The van der Waals surface area contributed by atoms with Gasteiger partial charge in [0.15, 0.2) is 17.5 Å². The summed E-state index contributed by atoms with van der Waals surface area (Å²) in [5, 5.41) is 6.90. The van der Waals surface area contributed by atoms with E-state index in [4.69, 9.17) is 23.8 Å². The van der Waals surface area contributed by atoms with Crippen molar-refractivity contribution in [1.29, 1.82) is 0 Å². The summed E-state index contributed by atoms with van der Waals surface area (Å²) in [6.45, 7) is 0. The van der Waals surface area contributed by atoms with Gasteiger partial charge in [0.05, 0.1) is 0 Å². The van der Waals surface area contributed by atoms with Gasteiger partial charge < -0.3 is 8.83 Å². The van der Waals surface area contributed by atoms with Crippen LogP contribution in [0.25, 0.3) is 120 Å². The zero-order chi connectivity index (χ0) is 37.5. The number of para-hydroxylation sites is 2. The summed E-state index contributed by atoms with van der Waals surface area (Å²) in [4.78, 5) is 19.3. The fourth-order valence-electron chi connectivity index (χ4n) is 8.16. The van der Waals surface area contributed by atoms with Crippen LogP contribution in [0.3, 0.4) is 0 Å². The molecule has 0 N–H and O–H groups in total. The lowest BCUT2D eigenvalue weighted by Gasteiger charge is -2.11. The number of nitrogens with zero attached hydrogens (tertiary/aromatic N) is 4. The highest BCUT2D eigenvalue weighted by molar-refractivity contribution is 7.26. The molecular formula is C50H28N4O2S. The number of rotatable bonds is 5. The first-order valence-corrected chi connectivity index (χ1v) is 19.6. The van der Waals surface area contributed by atoms with E-state index in [2.05, 4.69) is 114 Å². The molecule has 57 heavy (non-hydrogen) atoms. The molecule has 0 amide bonds. The summed E-state index contributed by atoms with van der Waals surface area (Å²) in [6.07, 6.45) is 3.52. The Morgan fingerprint density at radius 1 is 0.404 bits per heavy atom. The van der Waals surface area contributed by atoms with Crippen molar-refractivity contribution >= 4 is 75.4 Å². The van der Waals surface area contributed by atoms with Gasteiger partial charge in [0.2, 0.25) is 0 Å². The number of thiophene rings is 1. The number of pyridine rings is 1. The van der Waals surface area contributed by atoms with Gasteiger partial charge in [0.1, 0.15) is 22.3 Å². The van der Waals surface area contributed by atoms with Crippen LogP contribution in [-0.2, 0) is 0 Å². The molecule has 0 bridgehead atoms. The minimum atomic E-state index is 0.546. The molecule has 12 aromatic rings. The van der Waals surface area contributed by atoms with E-state index in [-0.39, 0.29) is 0 Å². The van der Waals surface area contributed by atoms with Crippen molar-refractivity contribution in [2.75, 3.05) is 0 Å². The van der Waals surface area contributed by atoms with Gasteiger partial charge in [-0.15, -0.1) is 11.3 Å². The largest absolute Gasteiger partial charge is 0.456 e. The predicted molar refractivity (Wildman–Crippen MR) is 232 cm³/mol. The molecule has 12 rings (SSSR count). The lowest BCUT2D eigenvalue weighted by molar-refractivity contribution is 0.669. The number of fused-ring (bicyclic) bond motifs is 9. The molecule has 0 spiro atoms. The minimum Gasteiger partial charge on any atom is -0.456 e. The van der Waals surface area contributed by atoms with Crippen LogP contribution in [0, 0.1) is 0 Å². The average Bonchev–Trinajstić information content (AvgIpc) is 3.98. The van der Waals surface area contributed by atoms with Crippen LogP contribution in [0.4, 0.5) is 0 Å². The molecule has 5 aromatic heterocycles. The first kappa shape index (κ1) is 31.8. The highest BCUT2D eigenvalue weighted by Gasteiger charge is 2.20. The van der Waals surface area contributed by atoms with Crippen LogP contribution in [-0.4, -0.2) is 19.9 Å². The summed E-state index contributed by atoms with van der Waals surface area (Å²) < 4.78 is 15.5. The molecule has 0 aliphatic heterocycles.